The van der Waals surface area contributed by atoms with E-state index < -0.39 is 46.8 Å². The Morgan fingerprint density at radius 3 is 2.27 bits per heavy atom. The van der Waals surface area contributed by atoms with Gasteiger partial charge < -0.3 is 5.32 Å². The molecule has 1 aromatic heterocycles. The van der Waals surface area contributed by atoms with Crippen molar-refractivity contribution in [1.29, 1.82) is 0 Å². The lowest BCUT2D eigenvalue weighted by molar-refractivity contribution is -0.143. The van der Waals surface area contributed by atoms with Crippen molar-refractivity contribution in [3.8, 4) is 11.4 Å². The number of carbonyl (C=O) groups is 2. The van der Waals surface area contributed by atoms with Gasteiger partial charge in [-0.3, -0.25) is 10.2 Å². The Bertz CT molecular complexity index is 965. The topological polar surface area (TPSA) is 92.2 Å². The van der Waals surface area contributed by atoms with Crippen LogP contribution in [0.5, 0.6) is 0 Å². The SMILES string of the molecule is O=C(/C=C\n1cnc(-c2cc(C(F)(F)F)cc(C(F)(F)F)c2)n1)NN1CCNC1=O. The van der Waals surface area contributed by atoms with Gasteiger partial charge >= 0.3 is 18.4 Å². The summed E-state index contributed by atoms with van der Waals surface area (Å²) in [5.41, 5.74) is -1.22. The van der Waals surface area contributed by atoms with Crippen LogP contribution in [0.2, 0.25) is 0 Å². The van der Waals surface area contributed by atoms with Gasteiger partial charge in [-0.1, -0.05) is 0 Å². The van der Waals surface area contributed by atoms with Gasteiger partial charge in [0.15, 0.2) is 5.82 Å². The first-order valence-corrected chi connectivity index (χ1v) is 8.19. The molecule has 0 aliphatic carbocycles. The van der Waals surface area contributed by atoms with E-state index in [1.54, 1.807) is 0 Å². The average Bonchev–Trinajstić information content (AvgIpc) is 3.28. The molecule has 0 atom stereocenters. The molecular weight excluding hydrogens is 422 g/mol. The van der Waals surface area contributed by atoms with Crippen LogP contribution in [0.25, 0.3) is 17.6 Å². The predicted octanol–water partition coefficient (Wildman–Crippen LogP) is 2.51. The van der Waals surface area contributed by atoms with E-state index in [1.807, 2.05) is 0 Å². The quantitative estimate of drug-likeness (QED) is 0.572. The number of hydrazine groups is 1. The Morgan fingerprint density at radius 2 is 1.73 bits per heavy atom. The maximum Gasteiger partial charge on any atom is 0.416 e. The van der Waals surface area contributed by atoms with Crippen molar-refractivity contribution in [2.24, 2.45) is 0 Å². The smallest absolute Gasteiger partial charge is 0.335 e. The highest BCUT2D eigenvalue weighted by molar-refractivity contribution is 5.91. The number of aromatic nitrogens is 3. The zero-order valence-corrected chi connectivity index (χ0v) is 14.8. The van der Waals surface area contributed by atoms with E-state index in [0.29, 0.717) is 18.7 Å². The highest BCUT2D eigenvalue weighted by atomic mass is 19.4. The molecule has 1 fully saturated rings. The molecule has 8 nitrogen and oxygen atoms in total. The van der Waals surface area contributed by atoms with Gasteiger partial charge in [-0.05, 0) is 18.2 Å². The fourth-order valence-corrected chi connectivity index (χ4v) is 2.46. The van der Waals surface area contributed by atoms with Gasteiger partial charge in [0.1, 0.15) is 6.33 Å². The molecule has 14 heteroatoms. The zero-order chi connectivity index (χ0) is 22.1. The number of alkyl halides is 6. The lowest BCUT2D eigenvalue weighted by Crippen LogP contribution is -2.43. The Balaban J connectivity index is 1.81. The van der Waals surface area contributed by atoms with Gasteiger partial charge in [0.2, 0.25) is 0 Å². The van der Waals surface area contributed by atoms with Crippen molar-refractivity contribution in [3.63, 3.8) is 0 Å². The number of rotatable bonds is 4. The second-order valence-corrected chi connectivity index (χ2v) is 6.02. The first-order chi connectivity index (χ1) is 13.9. The summed E-state index contributed by atoms with van der Waals surface area (Å²) in [4.78, 5) is 26.8. The van der Waals surface area contributed by atoms with Gasteiger partial charge in [0.25, 0.3) is 5.91 Å². The Morgan fingerprint density at radius 1 is 1.10 bits per heavy atom. The van der Waals surface area contributed by atoms with Crippen molar-refractivity contribution in [3.05, 3.63) is 41.7 Å². The molecule has 0 radical (unpaired) electrons. The first kappa shape index (κ1) is 21.1. The predicted molar refractivity (Wildman–Crippen MR) is 89.0 cm³/mol. The van der Waals surface area contributed by atoms with E-state index >= 15 is 0 Å². The summed E-state index contributed by atoms with van der Waals surface area (Å²) in [5, 5.41) is 7.25. The van der Waals surface area contributed by atoms with Gasteiger partial charge in [0.05, 0.1) is 17.7 Å². The summed E-state index contributed by atoms with van der Waals surface area (Å²) in [7, 11) is 0. The fourth-order valence-electron chi connectivity index (χ4n) is 2.46. The first-order valence-electron chi connectivity index (χ1n) is 8.19. The molecule has 30 heavy (non-hydrogen) atoms. The van der Waals surface area contributed by atoms with Gasteiger partial charge in [-0.25, -0.2) is 19.5 Å². The maximum atomic E-state index is 13.0. The van der Waals surface area contributed by atoms with Crippen LogP contribution >= 0.6 is 0 Å². The number of amides is 3. The summed E-state index contributed by atoms with van der Waals surface area (Å²) >= 11 is 0. The minimum atomic E-state index is -5.00. The molecule has 1 aromatic carbocycles. The van der Waals surface area contributed by atoms with Crippen molar-refractivity contribution in [2.45, 2.75) is 12.4 Å². The molecule has 0 saturated carbocycles. The van der Waals surface area contributed by atoms with E-state index in [2.05, 4.69) is 20.8 Å². The Kier molecular flexibility index (Phi) is 5.41. The van der Waals surface area contributed by atoms with Crippen LogP contribution < -0.4 is 10.7 Å². The van der Waals surface area contributed by atoms with Crippen LogP contribution in [-0.4, -0.2) is 44.8 Å². The third-order valence-corrected chi connectivity index (χ3v) is 3.83. The van der Waals surface area contributed by atoms with Crippen molar-refractivity contribution in [2.75, 3.05) is 13.1 Å². The molecule has 0 unspecified atom stereocenters. The van der Waals surface area contributed by atoms with Crippen LogP contribution in [0.4, 0.5) is 31.1 Å². The number of nitrogens with zero attached hydrogens (tertiary/aromatic N) is 4. The van der Waals surface area contributed by atoms with Crippen molar-refractivity contribution < 1.29 is 35.9 Å². The van der Waals surface area contributed by atoms with Crippen LogP contribution in [0.1, 0.15) is 11.1 Å². The molecular formula is C16H12F6N6O2. The molecule has 2 heterocycles. The fraction of sp³-hybridized carbons (Fsp3) is 0.250. The van der Waals surface area contributed by atoms with E-state index in [0.717, 1.165) is 28.3 Å². The molecule has 1 saturated heterocycles. The Labute approximate surface area is 164 Å². The standard InChI is InChI=1S/C16H12F6N6O2/c17-15(18,19)10-5-9(6-11(7-10)16(20,21)22)13-24-8-27(26-13)3-1-12(29)25-28-4-2-23-14(28)30/h1,3,5-8H,2,4H2,(H,23,30)(H,25,29)/b3-1-. The number of hydrogen-bond acceptors (Lipinski definition) is 4. The number of hydrogen-bond donors (Lipinski definition) is 2. The normalized spacial score (nSPS) is 15.0. The maximum absolute atomic E-state index is 13.0. The van der Waals surface area contributed by atoms with Crippen LogP contribution in [0.3, 0.4) is 0 Å². The molecule has 3 rings (SSSR count). The molecule has 2 N–H and O–H groups in total. The van der Waals surface area contributed by atoms with Crippen LogP contribution in [-0.2, 0) is 17.1 Å². The zero-order valence-electron chi connectivity index (χ0n) is 14.8. The minimum absolute atomic E-state index is 0.000756. The van der Waals surface area contributed by atoms with Crippen LogP contribution in [0.15, 0.2) is 30.6 Å². The summed E-state index contributed by atoms with van der Waals surface area (Å²) in [5.74, 6) is -1.11. The third kappa shape index (κ3) is 4.87. The summed E-state index contributed by atoms with van der Waals surface area (Å²) < 4.78 is 78.7. The number of nitrogens with one attached hydrogen (secondary N) is 2. The molecule has 1 aliphatic heterocycles. The van der Waals surface area contributed by atoms with E-state index in [9.17, 15) is 35.9 Å². The number of urea groups is 1. The highest BCUT2D eigenvalue weighted by Gasteiger charge is 2.37. The summed E-state index contributed by atoms with van der Waals surface area (Å²) in [6, 6.07) is 0.498. The molecule has 0 spiro atoms. The second kappa shape index (κ2) is 7.68. The summed E-state index contributed by atoms with van der Waals surface area (Å²) in [6.45, 7) is 0.606. The molecule has 0 bridgehead atoms. The molecule has 160 valence electrons. The minimum Gasteiger partial charge on any atom is -0.335 e. The molecule has 1 aliphatic rings. The number of halogens is 6. The largest absolute Gasteiger partial charge is 0.416 e. The lowest BCUT2D eigenvalue weighted by Gasteiger charge is -2.13. The monoisotopic (exact) mass is 434 g/mol. The highest BCUT2D eigenvalue weighted by Crippen LogP contribution is 2.37. The van der Waals surface area contributed by atoms with E-state index in [1.165, 1.54) is 0 Å². The number of carbonyl (C=O) groups excluding carboxylic acids is 2. The van der Waals surface area contributed by atoms with Crippen molar-refractivity contribution >= 4 is 18.1 Å². The second-order valence-electron chi connectivity index (χ2n) is 6.02. The van der Waals surface area contributed by atoms with Crippen LogP contribution in [0, 0.1) is 0 Å². The molecule has 3 amide bonds. The molecule has 2 aromatic rings. The van der Waals surface area contributed by atoms with E-state index in [4.69, 9.17) is 0 Å². The van der Waals surface area contributed by atoms with Gasteiger partial charge in [-0.15, -0.1) is 5.10 Å². The van der Waals surface area contributed by atoms with E-state index in [-0.39, 0.29) is 12.6 Å². The van der Waals surface area contributed by atoms with Gasteiger partial charge in [0, 0.05) is 24.4 Å². The van der Waals surface area contributed by atoms with Crippen molar-refractivity contribution in [1.82, 2.24) is 30.5 Å². The lowest BCUT2D eigenvalue weighted by atomic mass is 10.0. The Hall–Kier alpha value is -3.58. The third-order valence-electron chi connectivity index (χ3n) is 3.83. The van der Waals surface area contributed by atoms with Gasteiger partial charge in [-0.2, -0.15) is 26.3 Å². The number of benzene rings is 1. The average molecular weight is 434 g/mol. The summed E-state index contributed by atoms with van der Waals surface area (Å²) in [6.07, 6.45) is -6.98.